The third-order valence-electron chi connectivity index (χ3n) is 5.67. The Morgan fingerprint density at radius 1 is 1.09 bits per heavy atom. The number of hydrogen-bond acceptors (Lipinski definition) is 7. The highest BCUT2D eigenvalue weighted by molar-refractivity contribution is 5.97. The molecule has 0 radical (unpaired) electrons. The SMILES string of the molecule is COc1ccccc1-c1ccc(C[C@H](C[C@@H](O)C(=O)O)NC(=O)c2ccc3nnn(O)c3c2)cc1. The van der Waals surface area contributed by atoms with E-state index in [9.17, 15) is 19.9 Å². The first-order chi connectivity index (χ1) is 16.9. The Morgan fingerprint density at radius 2 is 1.83 bits per heavy atom. The van der Waals surface area contributed by atoms with Gasteiger partial charge in [0.2, 0.25) is 0 Å². The topological polar surface area (TPSA) is 147 Å². The van der Waals surface area contributed by atoms with Crippen molar-refractivity contribution in [1.29, 1.82) is 0 Å². The predicted molar refractivity (Wildman–Crippen MR) is 126 cm³/mol. The minimum Gasteiger partial charge on any atom is -0.496 e. The number of aliphatic carboxylic acids is 1. The quantitative estimate of drug-likeness (QED) is 0.270. The van der Waals surface area contributed by atoms with Crippen LogP contribution in [0.5, 0.6) is 5.75 Å². The number of carbonyl (C=O) groups is 2. The standard InChI is InChI=1S/C25H24N4O6/c1-35-23-5-3-2-4-19(23)16-8-6-15(7-9-16)12-18(14-22(30)25(32)33)26-24(31)17-10-11-20-21(13-17)29(34)28-27-20/h2-11,13,18,22,30,34H,12,14H2,1H3,(H,26,31)(H,32,33)/t18-,22-/m1/s1. The number of methoxy groups -OCH3 is 1. The number of aromatic nitrogens is 3. The molecular formula is C25H24N4O6. The number of amides is 1. The lowest BCUT2D eigenvalue weighted by Gasteiger charge is -2.21. The highest BCUT2D eigenvalue weighted by atomic mass is 16.5. The van der Waals surface area contributed by atoms with Crippen molar-refractivity contribution in [2.24, 2.45) is 0 Å². The number of carboxylic acids is 1. The van der Waals surface area contributed by atoms with Crippen molar-refractivity contribution in [3.8, 4) is 16.9 Å². The summed E-state index contributed by atoms with van der Waals surface area (Å²) in [6.45, 7) is 0. The van der Waals surface area contributed by atoms with Crippen molar-refractivity contribution in [1.82, 2.24) is 20.5 Å². The normalized spacial score (nSPS) is 12.7. The van der Waals surface area contributed by atoms with Gasteiger partial charge in [-0.3, -0.25) is 4.79 Å². The summed E-state index contributed by atoms with van der Waals surface area (Å²) in [6, 6.07) is 19.1. The van der Waals surface area contributed by atoms with Crippen LogP contribution in [0.3, 0.4) is 0 Å². The fourth-order valence-electron chi connectivity index (χ4n) is 3.87. The van der Waals surface area contributed by atoms with Crippen LogP contribution in [0.4, 0.5) is 0 Å². The van der Waals surface area contributed by atoms with Crippen LogP contribution < -0.4 is 10.1 Å². The Kier molecular flexibility index (Phi) is 6.93. The summed E-state index contributed by atoms with van der Waals surface area (Å²) in [5.74, 6) is -1.11. The highest BCUT2D eigenvalue weighted by Crippen LogP contribution is 2.29. The van der Waals surface area contributed by atoms with Gasteiger partial charge in [-0.15, -0.1) is 5.10 Å². The summed E-state index contributed by atoms with van der Waals surface area (Å²) >= 11 is 0. The Balaban J connectivity index is 1.53. The lowest BCUT2D eigenvalue weighted by atomic mass is 9.97. The molecule has 10 nitrogen and oxygen atoms in total. The van der Waals surface area contributed by atoms with E-state index in [0.717, 1.165) is 22.4 Å². The summed E-state index contributed by atoms with van der Waals surface area (Å²) in [5.41, 5.74) is 3.63. The molecule has 4 N–H and O–H groups in total. The molecule has 35 heavy (non-hydrogen) atoms. The molecule has 0 aliphatic rings. The number of carboxylic acid groups (broad SMARTS) is 1. The van der Waals surface area contributed by atoms with Gasteiger partial charge < -0.3 is 25.5 Å². The second-order valence-corrected chi connectivity index (χ2v) is 8.04. The zero-order chi connectivity index (χ0) is 24.9. The zero-order valence-corrected chi connectivity index (χ0v) is 18.8. The molecule has 0 saturated carbocycles. The Bertz CT molecular complexity index is 1350. The van der Waals surface area contributed by atoms with E-state index in [1.165, 1.54) is 12.1 Å². The Labute approximate surface area is 200 Å². The maximum atomic E-state index is 12.9. The van der Waals surface area contributed by atoms with Gasteiger partial charge in [-0.2, -0.15) is 0 Å². The van der Waals surface area contributed by atoms with Crippen molar-refractivity contribution in [2.45, 2.75) is 25.0 Å². The summed E-state index contributed by atoms with van der Waals surface area (Å²) in [7, 11) is 1.61. The molecule has 10 heteroatoms. The van der Waals surface area contributed by atoms with E-state index >= 15 is 0 Å². The molecule has 4 aromatic rings. The van der Waals surface area contributed by atoms with E-state index in [1.54, 1.807) is 13.2 Å². The van der Waals surface area contributed by atoms with Crippen LogP contribution in [0.2, 0.25) is 0 Å². The van der Waals surface area contributed by atoms with E-state index in [1.807, 2.05) is 48.5 Å². The number of nitrogens with one attached hydrogen (secondary N) is 1. The molecule has 180 valence electrons. The van der Waals surface area contributed by atoms with Crippen molar-refractivity contribution in [3.63, 3.8) is 0 Å². The van der Waals surface area contributed by atoms with Crippen LogP contribution in [0, 0.1) is 0 Å². The number of carbonyl (C=O) groups excluding carboxylic acids is 1. The van der Waals surface area contributed by atoms with Crippen LogP contribution in [0.1, 0.15) is 22.3 Å². The third kappa shape index (κ3) is 5.39. The summed E-state index contributed by atoms with van der Waals surface area (Å²) in [6.07, 6.45) is -1.53. The number of nitrogens with zero attached hydrogens (tertiary/aromatic N) is 3. The number of aliphatic hydroxyl groups is 1. The largest absolute Gasteiger partial charge is 0.496 e. The van der Waals surface area contributed by atoms with Crippen LogP contribution in [-0.4, -0.2) is 61.7 Å². The van der Waals surface area contributed by atoms with Gasteiger partial charge >= 0.3 is 5.97 Å². The average Bonchev–Trinajstić information content (AvgIpc) is 3.24. The molecule has 0 fully saturated rings. The van der Waals surface area contributed by atoms with Crippen LogP contribution in [0.25, 0.3) is 22.2 Å². The first-order valence-electron chi connectivity index (χ1n) is 10.8. The smallest absolute Gasteiger partial charge is 0.332 e. The average molecular weight is 476 g/mol. The van der Waals surface area contributed by atoms with Gasteiger partial charge in [0.25, 0.3) is 5.91 Å². The zero-order valence-electron chi connectivity index (χ0n) is 18.8. The lowest BCUT2D eigenvalue weighted by molar-refractivity contribution is -0.147. The van der Waals surface area contributed by atoms with Gasteiger partial charge in [0.05, 0.1) is 7.11 Å². The molecule has 1 amide bonds. The molecule has 1 heterocycles. The van der Waals surface area contributed by atoms with Gasteiger partial charge in [0, 0.05) is 23.6 Å². The number of fused-ring (bicyclic) bond motifs is 1. The Morgan fingerprint density at radius 3 is 2.54 bits per heavy atom. The van der Waals surface area contributed by atoms with Crippen LogP contribution in [0.15, 0.2) is 66.7 Å². The van der Waals surface area contributed by atoms with E-state index in [2.05, 4.69) is 15.6 Å². The van der Waals surface area contributed by atoms with Crippen molar-refractivity contribution in [2.75, 3.05) is 7.11 Å². The first-order valence-corrected chi connectivity index (χ1v) is 10.8. The molecule has 0 bridgehead atoms. The van der Waals surface area contributed by atoms with E-state index in [-0.39, 0.29) is 17.5 Å². The molecule has 0 unspecified atom stereocenters. The minimum absolute atomic E-state index is 0.183. The molecule has 0 aliphatic heterocycles. The van der Waals surface area contributed by atoms with Crippen molar-refractivity contribution < 1.29 is 29.7 Å². The number of ether oxygens (including phenoxy) is 1. The van der Waals surface area contributed by atoms with E-state index < -0.39 is 24.0 Å². The fraction of sp³-hybridized carbons (Fsp3) is 0.200. The summed E-state index contributed by atoms with van der Waals surface area (Å²) in [5, 5.41) is 38.9. The maximum absolute atomic E-state index is 12.9. The third-order valence-corrected chi connectivity index (χ3v) is 5.67. The summed E-state index contributed by atoms with van der Waals surface area (Å²) < 4.78 is 5.42. The molecule has 0 saturated heterocycles. The van der Waals surface area contributed by atoms with Crippen LogP contribution in [-0.2, 0) is 11.2 Å². The second-order valence-electron chi connectivity index (χ2n) is 8.04. The van der Waals surface area contributed by atoms with Gasteiger partial charge in [0.15, 0.2) is 6.10 Å². The fourth-order valence-corrected chi connectivity index (χ4v) is 3.87. The molecule has 0 aliphatic carbocycles. The van der Waals surface area contributed by atoms with Crippen molar-refractivity contribution >= 4 is 22.9 Å². The molecule has 2 atom stereocenters. The molecule has 1 aromatic heterocycles. The lowest BCUT2D eigenvalue weighted by Crippen LogP contribution is -2.40. The first kappa shape index (κ1) is 23.7. The van der Waals surface area contributed by atoms with Gasteiger partial charge in [-0.05, 0) is 47.0 Å². The highest BCUT2D eigenvalue weighted by Gasteiger charge is 2.23. The number of para-hydroxylation sites is 1. The van der Waals surface area contributed by atoms with Crippen LogP contribution >= 0.6 is 0 Å². The van der Waals surface area contributed by atoms with E-state index in [0.29, 0.717) is 16.8 Å². The number of hydrogen-bond donors (Lipinski definition) is 4. The number of rotatable bonds is 9. The summed E-state index contributed by atoms with van der Waals surface area (Å²) in [4.78, 5) is 24.7. The predicted octanol–water partition coefficient (Wildman–Crippen LogP) is 2.52. The van der Waals surface area contributed by atoms with Gasteiger partial charge in [-0.1, -0.05) is 47.3 Å². The molecule has 3 aromatic carbocycles. The monoisotopic (exact) mass is 476 g/mol. The van der Waals surface area contributed by atoms with Gasteiger partial charge in [-0.25, -0.2) is 4.79 Å². The number of benzene rings is 3. The van der Waals surface area contributed by atoms with Crippen molar-refractivity contribution in [3.05, 3.63) is 77.9 Å². The number of aliphatic hydroxyl groups excluding tert-OH is 1. The molecular weight excluding hydrogens is 452 g/mol. The Hall–Kier alpha value is -4.44. The molecule has 0 spiro atoms. The molecule has 4 rings (SSSR count). The van der Waals surface area contributed by atoms with E-state index in [4.69, 9.17) is 9.84 Å². The maximum Gasteiger partial charge on any atom is 0.332 e. The second kappa shape index (κ2) is 10.2. The van der Waals surface area contributed by atoms with Gasteiger partial charge in [0.1, 0.15) is 16.8 Å². The minimum atomic E-state index is -1.64.